The summed E-state index contributed by atoms with van der Waals surface area (Å²) < 4.78 is 25.5. The van der Waals surface area contributed by atoms with Gasteiger partial charge in [-0.3, -0.25) is 4.79 Å². The molecule has 0 saturated heterocycles. The Morgan fingerprint density at radius 3 is 2.56 bits per heavy atom. The van der Waals surface area contributed by atoms with Crippen LogP contribution < -0.4 is 0 Å². The second kappa shape index (κ2) is 4.39. The minimum Gasteiger partial charge on any atom is -0.510 e. The molecular weight excluding hydrogens is 258 g/mol. The summed E-state index contributed by atoms with van der Waals surface area (Å²) in [7, 11) is 0. The van der Waals surface area contributed by atoms with E-state index in [1.165, 1.54) is 13.0 Å². The normalized spacial score (nSPS) is 23.9. The number of hydrogen-bond acceptors (Lipinski definition) is 3. The van der Waals surface area contributed by atoms with Gasteiger partial charge in [-0.25, -0.2) is 8.78 Å². The van der Waals surface area contributed by atoms with Gasteiger partial charge in [-0.2, -0.15) is 0 Å². The molecule has 0 aliphatic carbocycles. The molecule has 0 unspecified atom stereocenters. The molecule has 1 aliphatic rings. The van der Waals surface area contributed by atoms with Gasteiger partial charge in [0.15, 0.2) is 0 Å². The Balaban J connectivity index is 2.32. The van der Waals surface area contributed by atoms with E-state index in [2.05, 4.69) is 0 Å². The molecule has 96 valence electrons. The molecule has 0 radical (unpaired) electrons. The highest BCUT2D eigenvalue weighted by Crippen LogP contribution is 2.44. The highest BCUT2D eigenvalue weighted by Gasteiger charge is 2.42. The maximum atomic E-state index is 13.6. The predicted molar refractivity (Wildman–Crippen MR) is 66.4 cm³/mol. The maximum Gasteiger partial charge on any atom is 0.219 e. The monoisotopic (exact) mass is 270 g/mol. The lowest BCUT2D eigenvalue weighted by molar-refractivity contribution is -0.107. The average molecular weight is 270 g/mol. The largest absolute Gasteiger partial charge is 0.510 e. The molecule has 0 amide bonds. The number of thioether (sulfide) groups is 1. The summed E-state index contributed by atoms with van der Waals surface area (Å²) >= 11 is 0.968. The van der Waals surface area contributed by atoms with Crippen molar-refractivity contribution in [2.24, 2.45) is 0 Å². The lowest BCUT2D eigenvalue weighted by Gasteiger charge is -2.22. The maximum absolute atomic E-state index is 13.6. The van der Waals surface area contributed by atoms with Gasteiger partial charge in [0.2, 0.25) is 5.12 Å². The van der Waals surface area contributed by atoms with Crippen molar-refractivity contribution in [1.82, 2.24) is 0 Å². The zero-order valence-corrected chi connectivity index (χ0v) is 10.8. The van der Waals surface area contributed by atoms with E-state index in [0.717, 1.165) is 23.9 Å². The topological polar surface area (TPSA) is 37.3 Å². The van der Waals surface area contributed by atoms with Crippen LogP contribution in [0.4, 0.5) is 8.78 Å². The number of aliphatic hydroxyl groups is 1. The summed E-state index contributed by atoms with van der Waals surface area (Å²) in [6, 6.07) is 3.30. The quantitative estimate of drug-likeness (QED) is 0.895. The SMILES string of the molecule is CC1=C(O)[C@](C)(Cc2ccc(F)cc2F)SC1=O. The van der Waals surface area contributed by atoms with Crippen molar-refractivity contribution in [1.29, 1.82) is 0 Å². The van der Waals surface area contributed by atoms with Gasteiger partial charge in [-0.1, -0.05) is 17.8 Å². The number of hydrogen-bond donors (Lipinski definition) is 1. The first kappa shape index (κ1) is 13.1. The van der Waals surface area contributed by atoms with E-state index in [-0.39, 0.29) is 22.9 Å². The molecule has 2 rings (SSSR count). The minimum absolute atomic E-state index is 0.0266. The van der Waals surface area contributed by atoms with E-state index in [4.69, 9.17) is 0 Å². The lowest BCUT2D eigenvalue weighted by atomic mass is 9.96. The fourth-order valence-electron chi connectivity index (χ4n) is 1.97. The molecule has 5 heteroatoms. The fraction of sp³-hybridized carbons (Fsp3) is 0.308. The molecule has 0 spiro atoms. The third-order valence-corrected chi connectivity index (χ3v) is 4.30. The van der Waals surface area contributed by atoms with Gasteiger partial charge >= 0.3 is 0 Å². The van der Waals surface area contributed by atoms with Gasteiger partial charge in [0.05, 0.1) is 4.75 Å². The van der Waals surface area contributed by atoms with Crippen LogP contribution >= 0.6 is 11.8 Å². The number of carbonyl (C=O) groups excluding carboxylic acids is 1. The second-order valence-electron chi connectivity index (χ2n) is 4.51. The van der Waals surface area contributed by atoms with Crippen molar-refractivity contribution in [3.63, 3.8) is 0 Å². The van der Waals surface area contributed by atoms with Crippen LogP contribution in [0.5, 0.6) is 0 Å². The van der Waals surface area contributed by atoms with Crippen molar-refractivity contribution < 1.29 is 18.7 Å². The Morgan fingerprint density at radius 1 is 1.39 bits per heavy atom. The fourth-order valence-corrected chi connectivity index (χ4v) is 3.11. The zero-order valence-electron chi connectivity index (χ0n) is 9.96. The first-order valence-electron chi connectivity index (χ1n) is 5.41. The van der Waals surface area contributed by atoms with Gasteiger partial charge in [-0.05, 0) is 31.9 Å². The summed E-state index contributed by atoms with van der Waals surface area (Å²) in [5.41, 5.74) is 0.575. The first-order valence-corrected chi connectivity index (χ1v) is 6.23. The molecule has 1 aromatic rings. The Hall–Kier alpha value is -1.36. The van der Waals surface area contributed by atoms with Crippen LogP contribution in [0.2, 0.25) is 0 Å². The summed E-state index contributed by atoms with van der Waals surface area (Å²) in [5.74, 6) is -1.34. The summed E-state index contributed by atoms with van der Waals surface area (Å²) in [4.78, 5) is 11.5. The van der Waals surface area contributed by atoms with E-state index in [1.54, 1.807) is 6.92 Å². The Kier molecular flexibility index (Phi) is 3.19. The third kappa shape index (κ3) is 2.14. The van der Waals surface area contributed by atoms with Crippen molar-refractivity contribution in [2.75, 3.05) is 0 Å². The molecule has 0 saturated carbocycles. The highest BCUT2D eigenvalue weighted by atomic mass is 32.2. The molecule has 1 atom stereocenters. The van der Waals surface area contributed by atoms with E-state index in [9.17, 15) is 18.7 Å². The van der Waals surface area contributed by atoms with Crippen molar-refractivity contribution in [3.05, 3.63) is 46.7 Å². The van der Waals surface area contributed by atoms with E-state index in [0.29, 0.717) is 5.57 Å². The smallest absolute Gasteiger partial charge is 0.219 e. The van der Waals surface area contributed by atoms with Crippen molar-refractivity contribution in [2.45, 2.75) is 25.0 Å². The molecule has 0 aromatic heterocycles. The van der Waals surface area contributed by atoms with E-state index in [1.807, 2.05) is 0 Å². The highest BCUT2D eigenvalue weighted by molar-refractivity contribution is 8.15. The van der Waals surface area contributed by atoms with Crippen molar-refractivity contribution >= 4 is 16.9 Å². The van der Waals surface area contributed by atoms with Gasteiger partial charge in [0.25, 0.3) is 0 Å². The van der Waals surface area contributed by atoms with Gasteiger partial charge in [0, 0.05) is 11.6 Å². The molecule has 1 aliphatic heterocycles. The zero-order chi connectivity index (χ0) is 13.5. The minimum atomic E-state index is -0.875. The molecule has 1 aromatic carbocycles. The molecule has 0 bridgehead atoms. The molecule has 18 heavy (non-hydrogen) atoms. The summed E-state index contributed by atoms with van der Waals surface area (Å²) in [6.45, 7) is 3.21. The standard InChI is InChI=1S/C13H12F2O2S/c1-7-11(16)13(2,18-12(7)17)6-8-3-4-9(14)5-10(8)15/h3-5,16H,6H2,1-2H3/t13-/m0/s1. The van der Waals surface area contributed by atoms with Gasteiger partial charge in [0.1, 0.15) is 17.4 Å². The van der Waals surface area contributed by atoms with Crippen LogP contribution in [0, 0.1) is 11.6 Å². The molecule has 1 heterocycles. The predicted octanol–water partition coefficient (Wildman–Crippen LogP) is 3.37. The lowest BCUT2D eigenvalue weighted by Crippen LogP contribution is -2.24. The molecule has 0 fully saturated rings. The Labute approximate surface area is 108 Å². The van der Waals surface area contributed by atoms with Crippen LogP contribution in [-0.2, 0) is 11.2 Å². The van der Waals surface area contributed by atoms with Gasteiger partial charge in [-0.15, -0.1) is 0 Å². The number of aliphatic hydroxyl groups excluding tert-OH is 1. The summed E-state index contributed by atoms with van der Waals surface area (Å²) in [6.07, 6.45) is 0.138. The molecule has 2 nitrogen and oxygen atoms in total. The molecule has 1 N–H and O–H groups in total. The van der Waals surface area contributed by atoms with Crippen molar-refractivity contribution in [3.8, 4) is 0 Å². The van der Waals surface area contributed by atoms with Gasteiger partial charge < -0.3 is 5.11 Å². The Morgan fingerprint density at radius 2 is 2.06 bits per heavy atom. The van der Waals surface area contributed by atoms with Crippen LogP contribution in [0.1, 0.15) is 19.4 Å². The molecular formula is C13H12F2O2S. The number of halogens is 2. The van der Waals surface area contributed by atoms with Crippen LogP contribution in [-0.4, -0.2) is 15.0 Å². The summed E-state index contributed by atoms with van der Waals surface area (Å²) in [5, 5.41) is 9.72. The van der Waals surface area contributed by atoms with Crippen LogP contribution in [0.3, 0.4) is 0 Å². The number of benzene rings is 1. The van der Waals surface area contributed by atoms with E-state index < -0.39 is 16.4 Å². The number of rotatable bonds is 2. The third-order valence-electron chi connectivity index (χ3n) is 3.02. The first-order chi connectivity index (χ1) is 8.33. The second-order valence-corrected chi connectivity index (χ2v) is 5.98. The average Bonchev–Trinajstić information content (AvgIpc) is 2.48. The number of carbonyl (C=O) groups is 1. The van der Waals surface area contributed by atoms with Crippen LogP contribution in [0.15, 0.2) is 29.5 Å². The van der Waals surface area contributed by atoms with E-state index >= 15 is 0 Å². The Bertz CT molecular complexity index is 554. The van der Waals surface area contributed by atoms with Crippen LogP contribution in [0.25, 0.3) is 0 Å².